The van der Waals surface area contributed by atoms with Gasteiger partial charge in [0, 0.05) is 5.33 Å². The first-order chi connectivity index (χ1) is 8.38. The van der Waals surface area contributed by atoms with Crippen molar-refractivity contribution in [2.75, 3.05) is 0 Å². The van der Waals surface area contributed by atoms with E-state index in [1.54, 1.807) is 0 Å². The van der Waals surface area contributed by atoms with Gasteiger partial charge in [0.25, 0.3) is 0 Å². The van der Waals surface area contributed by atoms with Crippen molar-refractivity contribution in [3.8, 4) is 0 Å². The third-order valence-electron chi connectivity index (χ3n) is 3.20. The van der Waals surface area contributed by atoms with Crippen LogP contribution in [0.15, 0.2) is 30.3 Å². The van der Waals surface area contributed by atoms with Crippen molar-refractivity contribution < 1.29 is 4.79 Å². The molecule has 0 radical (unpaired) electrons. The van der Waals surface area contributed by atoms with Crippen LogP contribution < -0.4 is 5.73 Å². The van der Waals surface area contributed by atoms with E-state index in [1.165, 1.54) is 5.56 Å². The third kappa shape index (κ3) is 5.32. The van der Waals surface area contributed by atoms with Gasteiger partial charge in [0.05, 0.1) is 5.54 Å². The predicted molar refractivity (Wildman–Crippen MR) is 81.7 cm³/mol. The standard InChI is InChI=1S/C8H17NO.C7H7Br/c1-6(2)8(9,5-10)7(3)4;8-6-7-4-2-1-3-5-7/h5-7H,9H2,1-4H3;1-5H,6H2. The summed E-state index contributed by atoms with van der Waals surface area (Å²) in [5, 5.41) is 0.952. The van der Waals surface area contributed by atoms with Gasteiger partial charge in [-0.2, -0.15) is 0 Å². The van der Waals surface area contributed by atoms with Crippen LogP contribution in [0.1, 0.15) is 33.3 Å². The molecule has 1 aromatic carbocycles. The summed E-state index contributed by atoms with van der Waals surface area (Å²) in [4.78, 5) is 10.6. The molecule has 2 nitrogen and oxygen atoms in total. The lowest BCUT2D eigenvalue weighted by Gasteiger charge is -2.31. The van der Waals surface area contributed by atoms with Gasteiger partial charge in [0.1, 0.15) is 6.29 Å². The van der Waals surface area contributed by atoms with Crippen LogP contribution >= 0.6 is 15.9 Å². The average Bonchev–Trinajstić information content (AvgIpc) is 2.38. The predicted octanol–water partition coefficient (Wildman–Crippen LogP) is 3.78. The number of halogens is 1. The van der Waals surface area contributed by atoms with Crippen LogP contribution in [0.4, 0.5) is 0 Å². The fourth-order valence-electron chi connectivity index (χ4n) is 1.51. The van der Waals surface area contributed by atoms with Gasteiger partial charge in [-0.1, -0.05) is 74.0 Å². The summed E-state index contributed by atoms with van der Waals surface area (Å²) >= 11 is 3.36. The molecule has 0 aromatic heterocycles. The monoisotopic (exact) mass is 313 g/mol. The maximum atomic E-state index is 10.6. The highest BCUT2D eigenvalue weighted by molar-refractivity contribution is 9.08. The molecule has 0 saturated heterocycles. The molecule has 0 aliphatic carbocycles. The minimum atomic E-state index is -0.639. The summed E-state index contributed by atoms with van der Waals surface area (Å²) in [5.41, 5.74) is 6.50. The molecule has 3 heteroatoms. The van der Waals surface area contributed by atoms with Gasteiger partial charge < -0.3 is 10.5 Å². The quantitative estimate of drug-likeness (QED) is 0.679. The van der Waals surface area contributed by atoms with E-state index in [4.69, 9.17) is 5.73 Å². The van der Waals surface area contributed by atoms with Crippen molar-refractivity contribution in [2.45, 2.75) is 38.6 Å². The van der Waals surface area contributed by atoms with Crippen LogP contribution in [0.25, 0.3) is 0 Å². The highest BCUT2D eigenvalue weighted by atomic mass is 79.9. The van der Waals surface area contributed by atoms with E-state index in [0.29, 0.717) is 0 Å². The van der Waals surface area contributed by atoms with Crippen molar-refractivity contribution in [1.82, 2.24) is 0 Å². The number of aldehydes is 1. The second-order valence-corrected chi connectivity index (χ2v) is 5.61. The van der Waals surface area contributed by atoms with E-state index < -0.39 is 5.54 Å². The molecule has 0 fully saturated rings. The Bertz CT molecular complexity index is 328. The van der Waals surface area contributed by atoms with E-state index in [-0.39, 0.29) is 11.8 Å². The number of nitrogens with two attached hydrogens (primary N) is 1. The fraction of sp³-hybridized carbons (Fsp3) is 0.533. The molecule has 1 rings (SSSR count). The molecule has 0 atom stereocenters. The third-order valence-corrected chi connectivity index (χ3v) is 3.85. The van der Waals surface area contributed by atoms with Gasteiger partial charge in [-0.3, -0.25) is 0 Å². The smallest absolute Gasteiger partial charge is 0.140 e. The highest BCUT2D eigenvalue weighted by Crippen LogP contribution is 2.20. The summed E-state index contributed by atoms with van der Waals surface area (Å²) in [6.45, 7) is 7.87. The Labute approximate surface area is 119 Å². The first kappa shape index (κ1) is 17.3. The van der Waals surface area contributed by atoms with E-state index in [1.807, 2.05) is 45.9 Å². The van der Waals surface area contributed by atoms with Gasteiger partial charge in [-0.05, 0) is 17.4 Å². The minimum Gasteiger partial charge on any atom is -0.319 e. The van der Waals surface area contributed by atoms with E-state index in [9.17, 15) is 4.79 Å². The summed E-state index contributed by atoms with van der Waals surface area (Å²) in [5.74, 6) is 0.426. The SMILES string of the molecule is BrCc1ccccc1.CC(C)C(N)(C=O)C(C)C. The van der Waals surface area contributed by atoms with Gasteiger partial charge in [-0.25, -0.2) is 0 Å². The molecule has 0 aliphatic heterocycles. The van der Waals surface area contributed by atoms with E-state index in [2.05, 4.69) is 28.1 Å². The Morgan fingerprint density at radius 2 is 1.61 bits per heavy atom. The number of rotatable bonds is 4. The largest absolute Gasteiger partial charge is 0.319 e. The van der Waals surface area contributed by atoms with Crippen LogP contribution in [0, 0.1) is 11.8 Å². The molecule has 1 aromatic rings. The molecule has 0 aliphatic rings. The first-order valence-corrected chi connectivity index (χ1v) is 7.35. The molecule has 0 amide bonds. The minimum absolute atomic E-state index is 0.213. The van der Waals surface area contributed by atoms with Crippen LogP contribution in [-0.4, -0.2) is 11.8 Å². The lowest BCUT2D eigenvalue weighted by atomic mass is 9.79. The van der Waals surface area contributed by atoms with Gasteiger partial charge in [0.2, 0.25) is 0 Å². The second-order valence-electron chi connectivity index (χ2n) is 5.05. The molecular formula is C15H24BrNO. The Morgan fingerprint density at radius 3 is 1.78 bits per heavy atom. The fourth-order valence-corrected chi connectivity index (χ4v) is 1.88. The Balaban J connectivity index is 0.000000327. The number of alkyl halides is 1. The molecule has 0 bridgehead atoms. The number of carbonyl (C=O) groups excluding carboxylic acids is 1. The van der Waals surface area contributed by atoms with Crippen molar-refractivity contribution in [1.29, 1.82) is 0 Å². The van der Waals surface area contributed by atoms with Crippen LogP contribution in [-0.2, 0) is 10.1 Å². The van der Waals surface area contributed by atoms with E-state index in [0.717, 1.165) is 11.6 Å². The average molecular weight is 314 g/mol. The maximum absolute atomic E-state index is 10.6. The Hall–Kier alpha value is -0.670. The number of benzene rings is 1. The summed E-state index contributed by atoms with van der Waals surface area (Å²) in [7, 11) is 0. The zero-order valence-electron chi connectivity index (χ0n) is 11.7. The number of hydrogen-bond donors (Lipinski definition) is 1. The molecule has 18 heavy (non-hydrogen) atoms. The highest BCUT2D eigenvalue weighted by Gasteiger charge is 2.31. The zero-order chi connectivity index (χ0) is 14.2. The van der Waals surface area contributed by atoms with Crippen molar-refractivity contribution in [3.05, 3.63) is 35.9 Å². The van der Waals surface area contributed by atoms with Gasteiger partial charge in [-0.15, -0.1) is 0 Å². The molecule has 0 spiro atoms. The van der Waals surface area contributed by atoms with Crippen molar-refractivity contribution >= 4 is 22.2 Å². The maximum Gasteiger partial charge on any atom is 0.140 e. The molecule has 2 N–H and O–H groups in total. The Kier molecular flexibility index (Phi) is 8.12. The molecular weight excluding hydrogens is 290 g/mol. The lowest BCUT2D eigenvalue weighted by molar-refractivity contribution is -0.115. The topological polar surface area (TPSA) is 43.1 Å². The van der Waals surface area contributed by atoms with E-state index >= 15 is 0 Å². The normalized spacial score (nSPS) is 11.1. The molecule has 102 valence electrons. The number of carbonyl (C=O) groups is 1. The second kappa shape index (κ2) is 8.44. The van der Waals surface area contributed by atoms with Crippen LogP contribution in [0.5, 0.6) is 0 Å². The first-order valence-electron chi connectivity index (χ1n) is 6.23. The van der Waals surface area contributed by atoms with Crippen molar-refractivity contribution in [2.24, 2.45) is 17.6 Å². The lowest BCUT2D eigenvalue weighted by Crippen LogP contribution is -2.51. The summed E-state index contributed by atoms with van der Waals surface area (Å²) in [6.07, 6.45) is 0.863. The van der Waals surface area contributed by atoms with Gasteiger partial charge >= 0.3 is 0 Å². The molecule has 0 unspecified atom stereocenters. The molecule has 0 heterocycles. The summed E-state index contributed by atoms with van der Waals surface area (Å²) in [6, 6.07) is 10.3. The van der Waals surface area contributed by atoms with Crippen molar-refractivity contribution in [3.63, 3.8) is 0 Å². The van der Waals surface area contributed by atoms with Crippen LogP contribution in [0.2, 0.25) is 0 Å². The number of hydrogen-bond acceptors (Lipinski definition) is 2. The van der Waals surface area contributed by atoms with Gasteiger partial charge in [0.15, 0.2) is 0 Å². The molecule has 0 saturated carbocycles. The summed E-state index contributed by atoms with van der Waals surface area (Å²) < 4.78 is 0. The zero-order valence-corrected chi connectivity index (χ0v) is 13.3. The van der Waals surface area contributed by atoms with Crippen LogP contribution in [0.3, 0.4) is 0 Å². The Morgan fingerprint density at radius 1 is 1.17 bits per heavy atom.